The molecule has 0 saturated carbocycles. The third-order valence-electron chi connectivity index (χ3n) is 3.21. The highest BCUT2D eigenvalue weighted by molar-refractivity contribution is 5.97. The maximum atomic E-state index is 11.8. The van der Waals surface area contributed by atoms with Crippen LogP contribution in [0.1, 0.15) is 25.0 Å². The number of nitrogens with one attached hydrogen (secondary N) is 2. The normalized spacial score (nSPS) is 10.8. The summed E-state index contributed by atoms with van der Waals surface area (Å²) < 4.78 is 0. The van der Waals surface area contributed by atoms with Crippen LogP contribution in [0.5, 0.6) is 0 Å². The molecule has 23 heavy (non-hydrogen) atoms. The number of anilines is 1. The van der Waals surface area contributed by atoms with Crippen molar-refractivity contribution in [2.24, 2.45) is 0 Å². The molecule has 2 aromatic carbocycles. The number of amides is 2. The Morgan fingerprint density at radius 3 is 1.70 bits per heavy atom. The summed E-state index contributed by atoms with van der Waals surface area (Å²) in [4.78, 5) is 22.7. The number of carbonyl (C=O) groups is 2. The monoisotopic (exact) mass is 312 g/mol. The molecule has 0 aliphatic carbocycles. The summed E-state index contributed by atoms with van der Waals surface area (Å²) in [6.07, 6.45) is 0. The minimum atomic E-state index is -0.536. The van der Waals surface area contributed by atoms with Gasteiger partial charge < -0.3 is 10.6 Å². The number of rotatable bonds is 3. The molecule has 4 nitrogen and oxygen atoms in total. The van der Waals surface area contributed by atoms with Crippen molar-refractivity contribution >= 4 is 17.5 Å². The third-order valence-corrected chi connectivity index (χ3v) is 3.21. The molecule has 0 aliphatic rings. The van der Waals surface area contributed by atoms with E-state index in [0.29, 0.717) is 0 Å². The van der Waals surface area contributed by atoms with E-state index >= 15 is 0 Å². The van der Waals surface area contributed by atoms with Gasteiger partial charge in [-0.2, -0.15) is 0 Å². The maximum absolute atomic E-state index is 11.8. The van der Waals surface area contributed by atoms with Crippen LogP contribution in [0.2, 0.25) is 0 Å². The van der Waals surface area contributed by atoms with Gasteiger partial charge in [-0.05, 0) is 31.9 Å². The number of benzene rings is 2. The van der Waals surface area contributed by atoms with Gasteiger partial charge in [0, 0.05) is 12.6 Å². The molecule has 0 aliphatic heterocycles. The number of hydrogen-bond acceptors (Lipinski definition) is 2. The lowest BCUT2D eigenvalue weighted by molar-refractivity contribution is -0.124. The second-order valence-corrected chi connectivity index (χ2v) is 5.33. The van der Waals surface area contributed by atoms with E-state index in [0.717, 1.165) is 16.8 Å². The summed E-state index contributed by atoms with van der Waals surface area (Å²) >= 11 is 0. The van der Waals surface area contributed by atoms with E-state index in [9.17, 15) is 9.59 Å². The van der Waals surface area contributed by atoms with Gasteiger partial charge in [0.1, 0.15) is 6.04 Å². The molecule has 4 heteroatoms. The van der Waals surface area contributed by atoms with Crippen LogP contribution in [0.3, 0.4) is 0 Å². The zero-order valence-corrected chi connectivity index (χ0v) is 14.1. The number of carbonyl (C=O) groups excluding carboxylic acids is 2. The van der Waals surface area contributed by atoms with E-state index in [1.165, 1.54) is 6.92 Å². The van der Waals surface area contributed by atoms with Gasteiger partial charge in [0.25, 0.3) is 0 Å². The Balaban J connectivity index is 0.000000366. The van der Waals surface area contributed by atoms with Crippen LogP contribution in [-0.2, 0) is 9.59 Å². The molecule has 2 rings (SSSR count). The third kappa shape index (κ3) is 6.78. The van der Waals surface area contributed by atoms with E-state index in [4.69, 9.17) is 0 Å². The van der Waals surface area contributed by atoms with Crippen LogP contribution in [0.25, 0.3) is 0 Å². The van der Waals surface area contributed by atoms with E-state index in [2.05, 4.69) is 10.6 Å². The Morgan fingerprint density at radius 1 is 0.870 bits per heavy atom. The van der Waals surface area contributed by atoms with Gasteiger partial charge in [0.05, 0.1) is 0 Å². The minimum absolute atomic E-state index is 0.211. The fourth-order valence-electron chi connectivity index (χ4n) is 2.00. The molecule has 0 spiro atoms. The lowest BCUT2D eigenvalue weighted by Gasteiger charge is -2.15. The van der Waals surface area contributed by atoms with Crippen molar-refractivity contribution in [3.05, 3.63) is 65.7 Å². The van der Waals surface area contributed by atoms with Gasteiger partial charge in [0.2, 0.25) is 11.8 Å². The molecule has 0 radical (unpaired) electrons. The van der Waals surface area contributed by atoms with E-state index in [1.54, 1.807) is 6.92 Å². The first-order valence-electron chi connectivity index (χ1n) is 7.56. The molecule has 0 fully saturated rings. The lowest BCUT2D eigenvalue weighted by atomic mass is 10.1. The molecule has 0 unspecified atom stereocenters. The van der Waals surface area contributed by atoms with Crippen molar-refractivity contribution in [1.29, 1.82) is 0 Å². The van der Waals surface area contributed by atoms with Crippen molar-refractivity contribution in [2.75, 3.05) is 5.32 Å². The van der Waals surface area contributed by atoms with Crippen LogP contribution < -0.4 is 10.6 Å². The summed E-state index contributed by atoms with van der Waals surface area (Å²) in [6, 6.07) is 17.3. The summed E-state index contributed by atoms with van der Waals surface area (Å²) in [5.41, 5.74) is 2.83. The topological polar surface area (TPSA) is 58.2 Å². The molecular formula is C19H24N2O2. The molecular weight excluding hydrogens is 288 g/mol. The maximum Gasteiger partial charge on any atom is 0.246 e. The average molecular weight is 312 g/mol. The summed E-state index contributed by atoms with van der Waals surface area (Å²) in [5.74, 6) is -0.424. The predicted octanol–water partition coefficient (Wildman–Crippen LogP) is 3.45. The highest BCUT2D eigenvalue weighted by atomic mass is 16.2. The zero-order valence-electron chi connectivity index (χ0n) is 14.1. The van der Waals surface area contributed by atoms with Crippen LogP contribution in [0, 0.1) is 13.8 Å². The first-order valence-corrected chi connectivity index (χ1v) is 7.56. The predicted molar refractivity (Wildman–Crippen MR) is 94.3 cm³/mol. The van der Waals surface area contributed by atoms with Gasteiger partial charge in [-0.1, -0.05) is 54.6 Å². The second kappa shape index (κ2) is 9.41. The van der Waals surface area contributed by atoms with Crippen molar-refractivity contribution < 1.29 is 9.59 Å². The Kier molecular flexibility index (Phi) is 7.54. The van der Waals surface area contributed by atoms with Gasteiger partial charge >= 0.3 is 0 Å². The fraction of sp³-hybridized carbons (Fsp3) is 0.263. The van der Waals surface area contributed by atoms with Crippen LogP contribution in [0.15, 0.2) is 54.6 Å². The molecule has 2 aromatic rings. The highest BCUT2D eigenvalue weighted by Crippen LogP contribution is 2.19. The van der Waals surface area contributed by atoms with Gasteiger partial charge in [-0.3, -0.25) is 9.59 Å². The van der Waals surface area contributed by atoms with E-state index < -0.39 is 6.04 Å². The molecule has 122 valence electrons. The van der Waals surface area contributed by atoms with E-state index in [-0.39, 0.29) is 11.8 Å². The number of hydrogen-bond donors (Lipinski definition) is 2. The SMILES string of the molecule is CC(=O)N[C@@H](C)C(=O)Nc1c(C)cccc1C.c1ccccc1. The number of para-hydroxylation sites is 1. The fourth-order valence-corrected chi connectivity index (χ4v) is 2.00. The van der Waals surface area contributed by atoms with Gasteiger partial charge in [0.15, 0.2) is 0 Å². The molecule has 0 aromatic heterocycles. The molecule has 2 amide bonds. The largest absolute Gasteiger partial charge is 0.345 e. The average Bonchev–Trinajstić information content (AvgIpc) is 2.52. The van der Waals surface area contributed by atoms with E-state index in [1.807, 2.05) is 68.4 Å². The second-order valence-electron chi connectivity index (χ2n) is 5.33. The Labute approximate surface area is 137 Å². The van der Waals surface area contributed by atoms with Crippen molar-refractivity contribution in [2.45, 2.75) is 33.7 Å². The van der Waals surface area contributed by atoms with Gasteiger partial charge in [-0.15, -0.1) is 0 Å². The zero-order chi connectivity index (χ0) is 17.2. The van der Waals surface area contributed by atoms with Crippen molar-refractivity contribution in [1.82, 2.24) is 5.32 Å². The Hall–Kier alpha value is -2.62. The standard InChI is InChI=1S/C13H18N2O2.C6H6/c1-8-6-5-7-9(2)12(8)15-13(17)10(3)14-11(4)16;1-2-4-6-5-3-1/h5-7,10H,1-4H3,(H,14,16)(H,15,17);1-6H/t10-;/m0./s1. The molecule has 0 bridgehead atoms. The van der Waals surface area contributed by atoms with Crippen molar-refractivity contribution in [3.8, 4) is 0 Å². The minimum Gasteiger partial charge on any atom is -0.345 e. The molecule has 1 atom stereocenters. The van der Waals surface area contributed by atoms with Crippen LogP contribution in [0.4, 0.5) is 5.69 Å². The highest BCUT2D eigenvalue weighted by Gasteiger charge is 2.15. The van der Waals surface area contributed by atoms with Crippen LogP contribution >= 0.6 is 0 Å². The smallest absolute Gasteiger partial charge is 0.246 e. The van der Waals surface area contributed by atoms with Crippen molar-refractivity contribution in [3.63, 3.8) is 0 Å². The lowest BCUT2D eigenvalue weighted by Crippen LogP contribution is -2.40. The first-order chi connectivity index (χ1) is 10.9. The van der Waals surface area contributed by atoms with Gasteiger partial charge in [-0.25, -0.2) is 0 Å². The Morgan fingerprint density at radius 2 is 1.30 bits per heavy atom. The summed E-state index contributed by atoms with van der Waals surface area (Å²) in [6.45, 7) is 6.92. The summed E-state index contributed by atoms with van der Waals surface area (Å²) in [5, 5.41) is 5.38. The Bertz CT molecular complexity index is 592. The number of aryl methyl sites for hydroxylation is 2. The quantitative estimate of drug-likeness (QED) is 0.912. The summed E-state index contributed by atoms with van der Waals surface area (Å²) in [7, 11) is 0. The molecule has 2 N–H and O–H groups in total. The first kappa shape index (κ1) is 18.4. The molecule has 0 saturated heterocycles. The van der Waals surface area contributed by atoms with Crippen LogP contribution in [-0.4, -0.2) is 17.9 Å². The molecule has 0 heterocycles.